The highest BCUT2D eigenvalue weighted by atomic mass is 35.5. The maximum atomic E-state index is 11.0. The zero-order valence-electron chi connectivity index (χ0n) is 10.6. The van der Waals surface area contributed by atoms with Crippen LogP contribution in [0.4, 0.5) is 5.69 Å². The molecule has 0 fully saturated rings. The molecule has 4 nitrogen and oxygen atoms in total. The van der Waals surface area contributed by atoms with E-state index in [4.69, 9.17) is 17.3 Å². The van der Waals surface area contributed by atoms with E-state index in [-0.39, 0.29) is 5.69 Å². The summed E-state index contributed by atoms with van der Waals surface area (Å²) in [7, 11) is 0. The van der Waals surface area contributed by atoms with E-state index in [1.54, 1.807) is 12.1 Å². The van der Waals surface area contributed by atoms with Crippen molar-refractivity contribution >= 4 is 29.1 Å². The molecule has 104 valence electrons. The molecule has 0 aliphatic rings. The van der Waals surface area contributed by atoms with Gasteiger partial charge in [0, 0.05) is 33.8 Å². The predicted molar refractivity (Wildman–Crippen MR) is 82.0 cm³/mol. The minimum absolute atomic E-state index is 0.0555. The Kier molecular flexibility index (Phi) is 5.00. The third kappa shape index (κ3) is 3.72. The van der Waals surface area contributed by atoms with Gasteiger partial charge in [0.1, 0.15) is 0 Å². The van der Waals surface area contributed by atoms with Crippen LogP contribution < -0.4 is 5.73 Å². The fourth-order valence-electron chi connectivity index (χ4n) is 1.75. The van der Waals surface area contributed by atoms with Crippen molar-refractivity contribution < 1.29 is 4.92 Å². The molecular formula is C14H13ClN2O2S. The van der Waals surface area contributed by atoms with Crippen LogP contribution in [0.25, 0.3) is 0 Å². The lowest BCUT2D eigenvalue weighted by Crippen LogP contribution is -1.96. The maximum Gasteiger partial charge on any atom is 0.274 e. The highest BCUT2D eigenvalue weighted by Gasteiger charge is 2.14. The van der Waals surface area contributed by atoms with E-state index < -0.39 is 4.92 Å². The van der Waals surface area contributed by atoms with Crippen LogP contribution in [-0.4, -0.2) is 4.92 Å². The number of nitrogens with two attached hydrogens (primary N) is 1. The summed E-state index contributed by atoms with van der Waals surface area (Å²) < 4.78 is 0. The van der Waals surface area contributed by atoms with Crippen molar-refractivity contribution in [2.45, 2.75) is 17.2 Å². The van der Waals surface area contributed by atoms with Gasteiger partial charge >= 0.3 is 0 Å². The SMILES string of the molecule is NCc1cccc(SCc2ccc(Cl)cc2[N+](=O)[O-])c1. The molecular weight excluding hydrogens is 296 g/mol. The molecule has 0 atom stereocenters. The van der Waals surface area contributed by atoms with Gasteiger partial charge in [-0.05, 0) is 29.8 Å². The number of thioether (sulfide) groups is 1. The topological polar surface area (TPSA) is 69.2 Å². The Morgan fingerprint density at radius 2 is 2.05 bits per heavy atom. The van der Waals surface area contributed by atoms with Gasteiger partial charge in [0.05, 0.1) is 4.92 Å². The van der Waals surface area contributed by atoms with Crippen molar-refractivity contribution in [2.75, 3.05) is 0 Å². The summed E-state index contributed by atoms with van der Waals surface area (Å²) in [5.74, 6) is 0.515. The molecule has 2 rings (SSSR count). The fourth-order valence-corrected chi connectivity index (χ4v) is 2.89. The zero-order chi connectivity index (χ0) is 14.5. The molecule has 0 aliphatic carbocycles. The van der Waals surface area contributed by atoms with Crippen LogP contribution in [0.15, 0.2) is 47.4 Å². The minimum atomic E-state index is -0.405. The van der Waals surface area contributed by atoms with E-state index in [0.717, 1.165) is 10.5 Å². The van der Waals surface area contributed by atoms with Crippen molar-refractivity contribution in [2.24, 2.45) is 5.73 Å². The number of halogens is 1. The lowest BCUT2D eigenvalue weighted by Gasteiger charge is -2.05. The van der Waals surface area contributed by atoms with Gasteiger partial charge < -0.3 is 5.73 Å². The maximum absolute atomic E-state index is 11.0. The van der Waals surface area contributed by atoms with E-state index in [2.05, 4.69) is 0 Å². The summed E-state index contributed by atoms with van der Waals surface area (Å²) in [4.78, 5) is 11.6. The molecule has 0 saturated carbocycles. The Morgan fingerprint density at radius 1 is 1.25 bits per heavy atom. The molecule has 0 aliphatic heterocycles. The number of nitrogens with zero attached hydrogens (tertiary/aromatic N) is 1. The quantitative estimate of drug-likeness (QED) is 0.515. The Labute approximate surface area is 126 Å². The highest BCUT2D eigenvalue weighted by Crippen LogP contribution is 2.30. The van der Waals surface area contributed by atoms with Crippen LogP contribution in [0.2, 0.25) is 5.02 Å². The second-order valence-electron chi connectivity index (χ2n) is 4.17. The van der Waals surface area contributed by atoms with Crippen LogP contribution in [0.5, 0.6) is 0 Å². The molecule has 0 radical (unpaired) electrons. The summed E-state index contributed by atoms with van der Waals surface area (Å²) in [5.41, 5.74) is 7.35. The molecule has 0 unspecified atom stereocenters. The van der Waals surface area contributed by atoms with E-state index in [1.165, 1.54) is 17.8 Å². The van der Waals surface area contributed by atoms with Crippen LogP contribution in [0.3, 0.4) is 0 Å². The predicted octanol–water partition coefficient (Wildman–Crippen LogP) is 4.00. The van der Waals surface area contributed by atoms with Crippen molar-refractivity contribution in [3.63, 3.8) is 0 Å². The van der Waals surface area contributed by atoms with Crippen LogP contribution in [0, 0.1) is 10.1 Å². The monoisotopic (exact) mass is 308 g/mol. The summed E-state index contributed by atoms with van der Waals surface area (Å²) in [5, 5.41) is 11.4. The average molecular weight is 309 g/mol. The summed E-state index contributed by atoms with van der Waals surface area (Å²) in [6.07, 6.45) is 0. The lowest BCUT2D eigenvalue weighted by molar-refractivity contribution is -0.385. The van der Waals surface area contributed by atoms with Gasteiger partial charge in [0.2, 0.25) is 0 Å². The normalized spacial score (nSPS) is 10.5. The lowest BCUT2D eigenvalue weighted by atomic mass is 10.2. The molecule has 0 saturated heterocycles. The van der Waals surface area contributed by atoms with E-state index in [0.29, 0.717) is 22.9 Å². The first-order valence-corrected chi connectivity index (χ1v) is 7.31. The number of nitro benzene ring substituents is 1. The summed E-state index contributed by atoms with van der Waals surface area (Å²) in [6.45, 7) is 0.482. The Balaban J connectivity index is 2.16. The molecule has 0 heterocycles. The van der Waals surface area contributed by atoms with Gasteiger partial charge in [-0.1, -0.05) is 23.7 Å². The zero-order valence-corrected chi connectivity index (χ0v) is 12.2. The summed E-state index contributed by atoms with van der Waals surface area (Å²) >= 11 is 7.33. The second-order valence-corrected chi connectivity index (χ2v) is 5.66. The molecule has 6 heteroatoms. The van der Waals surface area contributed by atoms with Crippen LogP contribution in [-0.2, 0) is 12.3 Å². The minimum Gasteiger partial charge on any atom is -0.326 e. The first-order chi connectivity index (χ1) is 9.60. The first kappa shape index (κ1) is 14.8. The average Bonchev–Trinajstić information content (AvgIpc) is 2.46. The largest absolute Gasteiger partial charge is 0.326 e. The van der Waals surface area contributed by atoms with E-state index >= 15 is 0 Å². The van der Waals surface area contributed by atoms with Crippen LogP contribution >= 0.6 is 23.4 Å². The first-order valence-electron chi connectivity index (χ1n) is 5.95. The number of hydrogen-bond acceptors (Lipinski definition) is 4. The third-order valence-electron chi connectivity index (χ3n) is 2.77. The summed E-state index contributed by atoms with van der Waals surface area (Å²) in [6, 6.07) is 12.6. The Bertz CT molecular complexity index is 634. The highest BCUT2D eigenvalue weighted by molar-refractivity contribution is 7.98. The smallest absolute Gasteiger partial charge is 0.274 e. The molecule has 2 N–H and O–H groups in total. The second kappa shape index (κ2) is 6.74. The molecule has 0 aromatic heterocycles. The molecule has 20 heavy (non-hydrogen) atoms. The Hall–Kier alpha value is -1.56. The molecule has 2 aromatic carbocycles. The number of rotatable bonds is 5. The molecule has 0 spiro atoms. The fraction of sp³-hybridized carbons (Fsp3) is 0.143. The van der Waals surface area contributed by atoms with Gasteiger partial charge in [-0.3, -0.25) is 10.1 Å². The number of hydrogen-bond donors (Lipinski definition) is 1. The molecule has 0 amide bonds. The van der Waals surface area contributed by atoms with Crippen LogP contribution in [0.1, 0.15) is 11.1 Å². The van der Waals surface area contributed by atoms with E-state index in [9.17, 15) is 10.1 Å². The Morgan fingerprint density at radius 3 is 2.75 bits per heavy atom. The number of nitro groups is 1. The van der Waals surface area contributed by atoms with Gasteiger partial charge in [0.15, 0.2) is 0 Å². The molecule has 0 bridgehead atoms. The van der Waals surface area contributed by atoms with Gasteiger partial charge in [0.25, 0.3) is 5.69 Å². The van der Waals surface area contributed by atoms with Crippen molar-refractivity contribution in [1.29, 1.82) is 0 Å². The number of benzene rings is 2. The van der Waals surface area contributed by atoms with Crippen molar-refractivity contribution in [1.82, 2.24) is 0 Å². The van der Waals surface area contributed by atoms with Gasteiger partial charge in [-0.15, -0.1) is 11.8 Å². The standard InChI is InChI=1S/C14H13ClN2O2S/c15-12-5-4-11(14(7-12)17(18)19)9-20-13-3-1-2-10(6-13)8-16/h1-7H,8-9,16H2. The van der Waals surface area contributed by atoms with Gasteiger partial charge in [-0.2, -0.15) is 0 Å². The van der Waals surface area contributed by atoms with Crippen molar-refractivity contribution in [3.05, 3.63) is 68.7 Å². The van der Waals surface area contributed by atoms with E-state index in [1.807, 2.05) is 24.3 Å². The molecule has 2 aromatic rings. The van der Waals surface area contributed by atoms with Crippen molar-refractivity contribution in [3.8, 4) is 0 Å². The van der Waals surface area contributed by atoms with Gasteiger partial charge in [-0.25, -0.2) is 0 Å². The third-order valence-corrected chi connectivity index (χ3v) is 4.05.